The molecule has 5 aromatic rings. The summed E-state index contributed by atoms with van der Waals surface area (Å²) in [6.07, 6.45) is 0.0831. The predicted octanol–water partition coefficient (Wildman–Crippen LogP) is 4.87. The Labute approximate surface area is 241 Å². The average molecular weight is 571 g/mol. The molecule has 3 aromatic heterocycles. The number of anilines is 1. The average Bonchev–Trinajstić information content (AvgIpc) is 3.53. The van der Waals surface area contributed by atoms with Crippen molar-refractivity contribution in [2.24, 2.45) is 0 Å². The minimum atomic E-state index is -0.260. The normalized spacial score (nSPS) is 13.8. The van der Waals surface area contributed by atoms with Crippen LogP contribution >= 0.6 is 11.3 Å². The first kappa shape index (κ1) is 26.9. The maximum atomic E-state index is 14.2. The van der Waals surface area contributed by atoms with E-state index in [1.54, 1.807) is 21.4 Å². The first-order chi connectivity index (χ1) is 19.7. The van der Waals surface area contributed by atoms with Gasteiger partial charge in [-0.1, -0.05) is 24.3 Å². The Morgan fingerprint density at radius 1 is 0.976 bits per heavy atom. The van der Waals surface area contributed by atoms with E-state index in [1.807, 2.05) is 53.1 Å². The van der Waals surface area contributed by atoms with Gasteiger partial charge in [-0.3, -0.25) is 14.0 Å². The highest BCUT2D eigenvalue weighted by molar-refractivity contribution is 7.15. The number of amides is 1. The van der Waals surface area contributed by atoms with Crippen LogP contribution in [0.4, 0.5) is 10.1 Å². The van der Waals surface area contributed by atoms with Crippen LogP contribution in [0.3, 0.4) is 0 Å². The topological polar surface area (TPSA) is 75.7 Å². The lowest BCUT2D eigenvalue weighted by atomic mass is 10.1. The lowest BCUT2D eigenvalue weighted by Crippen LogP contribution is -2.49. The molecule has 4 heterocycles. The molecule has 1 aliphatic heterocycles. The molecule has 41 heavy (non-hydrogen) atoms. The summed E-state index contributed by atoms with van der Waals surface area (Å²) < 4.78 is 17.6. The van der Waals surface area contributed by atoms with Crippen LogP contribution in [0.5, 0.6) is 0 Å². The quantitative estimate of drug-likeness (QED) is 0.301. The van der Waals surface area contributed by atoms with Crippen molar-refractivity contribution in [2.45, 2.75) is 34.1 Å². The molecule has 6 rings (SSSR count). The number of aryl methyl sites for hydroxylation is 3. The molecule has 8 nitrogen and oxygen atoms in total. The van der Waals surface area contributed by atoms with E-state index in [9.17, 15) is 14.0 Å². The highest BCUT2D eigenvalue weighted by Crippen LogP contribution is 2.26. The molecule has 0 N–H and O–H groups in total. The molecule has 1 fully saturated rings. The van der Waals surface area contributed by atoms with Gasteiger partial charge in [-0.15, -0.1) is 11.3 Å². The van der Waals surface area contributed by atoms with Crippen LogP contribution in [0.25, 0.3) is 21.9 Å². The summed E-state index contributed by atoms with van der Waals surface area (Å²) >= 11 is 1.35. The standard InChI is InChI=1S/C31H31FN6O2S/c1-19-8-7-11-26(21(19)3)38-20(2)16-25(34-38)29-22(4)33-31-37(30(29)40)23(18-41-31)17-28(39)36-14-12-35(13-15-36)27-10-6-5-9-24(27)32/h5-11,16,18H,12-15,17H2,1-4H3. The Hall–Kier alpha value is -4.31. The van der Waals surface area contributed by atoms with Gasteiger partial charge in [0, 0.05) is 42.9 Å². The minimum absolute atomic E-state index is 0.0676. The lowest BCUT2D eigenvalue weighted by molar-refractivity contribution is -0.130. The number of benzene rings is 2. The van der Waals surface area contributed by atoms with Crippen molar-refractivity contribution in [3.63, 3.8) is 0 Å². The van der Waals surface area contributed by atoms with Gasteiger partial charge >= 0.3 is 0 Å². The maximum Gasteiger partial charge on any atom is 0.268 e. The summed E-state index contributed by atoms with van der Waals surface area (Å²) in [4.78, 5) is 36.2. The zero-order valence-electron chi connectivity index (χ0n) is 23.5. The fourth-order valence-corrected chi connectivity index (χ4v) is 6.43. The van der Waals surface area contributed by atoms with Crippen molar-refractivity contribution in [2.75, 3.05) is 31.1 Å². The van der Waals surface area contributed by atoms with E-state index in [4.69, 9.17) is 10.1 Å². The number of thiazole rings is 1. The van der Waals surface area contributed by atoms with E-state index in [0.717, 1.165) is 16.9 Å². The maximum absolute atomic E-state index is 14.2. The van der Waals surface area contributed by atoms with E-state index in [0.29, 0.717) is 59.5 Å². The molecule has 1 amide bonds. The first-order valence-electron chi connectivity index (χ1n) is 13.6. The zero-order chi connectivity index (χ0) is 28.8. The molecule has 0 aliphatic carbocycles. The number of nitrogens with zero attached hydrogens (tertiary/aromatic N) is 6. The van der Waals surface area contributed by atoms with E-state index in [-0.39, 0.29) is 23.7 Å². The van der Waals surface area contributed by atoms with Crippen LogP contribution in [-0.4, -0.2) is 56.2 Å². The summed E-state index contributed by atoms with van der Waals surface area (Å²) in [5, 5.41) is 6.66. The summed E-state index contributed by atoms with van der Waals surface area (Å²) in [6, 6.07) is 14.7. The SMILES string of the molecule is Cc1cccc(-n2nc(-c3c(C)nc4scc(CC(=O)N5CCN(c6ccccc6F)CC5)n4c3=O)cc2C)c1C. The number of para-hydroxylation sites is 1. The number of hydrogen-bond acceptors (Lipinski definition) is 6. The molecule has 2 aromatic carbocycles. The number of rotatable bonds is 5. The fourth-order valence-electron chi connectivity index (χ4n) is 5.50. The van der Waals surface area contributed by atoms with Gasteiger partial charge in [0.1, 0.15) is 11.5 Å². The largest absolute Gasteiger partial charge is 0.366 e. The van der Waals surface area contributed by atoms with E-state index in [1.165, 1.54) is 23.0 Å². The number of piperazine rings is 1. The van der Waals surface area contributed by atoms with Crippen LogP contribution in [0.1, 0.15) is 28.2 Å². The van der Waals surface area contributed by atoms with Gasteiger partial charge in [-0.25, -0.2) is 14.1 Å². The summed E-state index contributed by atoms with van der Waals surface area (Å²) in [7, 11) is 0. The van der Waals surface area contributed by atoms with Crippen LogP contribution in [0, 0.1) is 33.5 Å². The molecule has 10 heteroatoms. The Balaban J connectivity index is 1.27. The number of carbonyl (C=O) groups excluding carboxylic acids is 1. The first-order valence-corrected chi connectivity index (χ1v) is 14.5. The third kappa shape index (κ3) is 4.82. The number of hydrogen-bond donors (Lipinski definition) is 0. The summed E-state index contributed by atoms with van der Waals surface area (Å²) in [5.41, 5.74) is 6.69. The second-order valence-corrected chi connectivity index (χ2v) is 11.4. The third-order valence-electron chi connectivity index (χ3n) is 7.93. The second-order valence-electron chi connectivity index (χ2n) is 10.5. The zero-order valence-corrected chi connectivity index (χ0v) is 24.3. The van der Waals surface area contributed by atoms with Gasteiger partial charge in [0.25, 0.3) is 5.56 Å². The van der Waals surface area contributed by atoms with Crippen molar-refractivity contribution in [1.82, 2.24) is 24.1 Å². The molecular weight excluding hydrogens is 539 g/mol. The Bertz CT molecular complexity index is 1850. The molecule has 0 spiro atoms. The molecule has 1 aliphatic rings. The number of aromatic nitrogens is 4. The van der Waals surface area contributed by atoms with Crippen LogP contribution in [0.2, 0.25) is 0 Å². The van der Waals surface area contributed by atoms with Crippen molar-refractivity contribution in [1.29, 1.82) is 0 Å². The van der Waals surface area contributed by atoms with Gasteiger partial charge < -0.3 is 9.80 Å². The van der Waals surface area contributed by atoms with E-state index >= 15 is 0 Å². The van der Waals surface area contributed by atoms with Crippen molar-refractivity contribution in [3.8, 4) is 16.9 Å². The van der Waals surface area contributed by atoms with Crippen molar-refractivity contribution < 1.29 is 9.18 Å². The summed E-state index contributed by atoms with van der Waals surface area (Å²) in [5.74, 6) is -0.328. The Kier molecular flexibility index (Phi) is 6.94. The monoisotopic (exact) mass is 570 g/mol. The van der Waals surface area contributed by atoms with E-state index in [2.05, 4.69) is 19.9 Å². The molecule has 1 saturated heterocycles. The Morgan fingerprint density at radius 2 is 1.71 bits per heavy atom. The smallest absolute Gasteiger partial charge is 0.268 e. The Morgan fingerprint density at radius 3 is 2.46 bits per heavy atom. The molecule has 0 bridgehead atoms. The molecule has 0 saturated carbocycles. The molecule has 0 radical (unpaired) electrons. The molecule has 0 unspecified atom stereocenters. The van der Waals surface area contributed by atoms with Crippen LogP contribution in [-0.2, 0) is 11.2 Å². The van der Waals surface area contributed by atoms with Gasteiger partial charge in [-0.05, 0) is 63.1 Å². The lowest BCUT2D eigenvalue weighted by Gasteiger charge is -2.36. The van der Waals surface area contributed by atoms with Crippen LogP contribution < -0.4 is 10.5 Å². The number of fused-ring (bicyclic) bond motifs is 1. The predicted molar refractivity (Wildman–Crippen MR) is 160 cm³/mol. The number of halogens is 1. The third-order valence-corrected chi connectivity index (χ3v) is 8.80. The fraction of sp³-hybridized carbons (Fsp3) is 0.290. The van der Waals surface area contributed by atoms with E-state index < -0.39 is 0 Å². The van der Waals surface area contributed by atoms with Gasteiger partial charge in [0.15, 0.2) is 4.96 Å². The second kappa shape index (κ2) is 10.6. The summed E-state index contributed by atoms with van der Waals surface area (Å²) in [6.45, 7) is 9.99. The van der Waals surface area contributed by atoms with Gasteiger partial charge in [-0.2, -0.15) is 5.10 Å². The minimum Gasteiger partial charge on any atom is -0.366 e. The van der Waals surface area contributed by atoms with Crippen molar-refractivity contribution >= 4 is 27.9 Å². The molecule has 210 valence electrons. The highest BCUT2D eigenvalue weighted by Gasteiger charge is 2.25. The van der Waals surface area contributed by atoms with Gasteiger partial charge in [0.2, 0.25) is 5.91 Å². The highest BCUT2D eigenvalue weighted by atomic mass is 32.1. The molecular formula is C31H31FN6O2S. The molecule has 0 atom stereocenters. The van der Waals surface area contributed by atoms with Crippen LogP contribution in [0.15, 0.2) is 58.7 Å². The van der Waals surface area contributed by atoms with Crippen molar-refractivity contribution in [3.05, 3.63) is 98.3 Å². The van der Waals surface area contributed by atoms with Gasteiger partial charge in [0.05, 0.1) is 29.1 Å². The number of carbonyl (C=O) groups is 1.